The van der Waals surface area contributed by atoms with E-state index in [1.165, 1.54) is 30.3 Å². The minimum absolute atomic E-state index is 0.136. The molecular formula is C18H16N4O4S. The highest BCUT2D eigenvalue weighted by molar-refractivity contribution is 7.80. The summed E-state index contributed by atoms with van der Waals surface area (Å²) in [6.45, 7) is 1.96. The van der Waals surface area contributed by atoms with Crippen molar-refractivity contribution in [2.24, 2.45) is 0 Å². The Bertz CT molecular complexity index is 910. The molecule has 0 unspecified atom stereocenters. The molecule has 0 bridgehead atoms. The van der Waals surface area contributed by atoms with Gasteiger partial charge in [0.25, 0.3) is 11.6 Å². The van der Waals surface area contributed by atoms with Crippen molar-refractivity contribution in [1.82, 2.24) is 16.2 Å². The number of nitro benzene ring substituents is 1. The Hall–Kier alpha value is -3.59. The van der Waals surface area contributed by atoms with Gasteiger partial charge in [0.1, 0.15) is 5.56 Å². The van der Waals surface area contributed by atoms with Crippen molar-refractivity contribution in [3.8, 4) is 0 Å². The van der Waals surface area contributed by atoms with Crippen molar-refractivity contribution in [2.75, 3.05) is 0 Å². The maximum Gasteiger partial charge on any atom is 0.282 e. The third kappa shape index (κ3) is 6.01. The van der Waals surface area contributed by atoms with Crippen molar-refractivity contribution in [1.29, 1.82) is 0 Å². The van der Waals surface area contributed by atoms with E-state index in [4.69, 9.17) is 12.2 Å². The normalized spacial score (nSPS) is 10.3. The average Bonchev–Trinajstić information content (AvgIpc) is 2.65. The molecule has 0 atom stereocenters. The maximum atomic E-state index is 12.0. The molecule has 138 valence electrons. The van der Waals surface area contributed by atoms with Crippen molar-refractivity contribution in [3.63, 3.8) is 0 Å². The van der Waals surface area contributed by atoms with Gasteiger partial charge >= 0.3 is 0 Å². The molecule has 3 N–H and O–H groups in total. The number of benzene rings is 2. The van der Waals surface area contributed by atoms with Crippen LogP contribution in [-0.4, -0.2) is 21.9 Å². The molecule has 0 aliphatic rings. The molecule has 8 nitrogen and oxygen atoms in total. The number of nitro groups is 1. The molecule has 0 aliphatic heterocycles. The van der Waals surface area contributed by atoms with Crippen LogP contribution in [0, 0.1) is 17.0 Å². The highest BCUT2D eigenvalue weighted by Gasteiger charge is 2.19. The van der Waals surface area contributed by atoms with Gasteiger partial charge in [-0.15, -0.1) is 0 Å². The van der Waals surface area contributed by atoms with Crippen LogP contribution in [0.15, 0.2) is 54.6 Å². The molecule has 0 saturated heterocycles. The van der Waals surface area contributed by atoms with Gasteiger partial charge in [-0.1, -0.05) is 42.0 Å². The van der Waals surface area contributed by atoms with Crippen LogP contribution < -0.4 is 16.2 Å². The summed E-state index contributed by atoms with van der Waals surface area (Å²) < 4.78 is 0. The van der Waals surface area contributed by atoms with Crippen molar-refractivity contribution < 1.29 is 14.5 Å². The Morgan fingerprint density at radius 3 is 2.41 bits per heavy atom. The molecule has 0 fully saturated rings. The first-order chi connectivity index (χ1) is 12.9. The smallest absolute Gasteiger partial charge is 0.282 e. The number of carbonyl (C=O) groups excluding carboxylic acids is 2. The summed E-state index contributed by atoms with van der Waals surface area (Å²) in [5, 5.41) is 13.1. The fraction of sp³-hybridized carbons (Fsp3) is 0.0556. The molecule has 2 aromatic carbocycles. The van der Waals surface area contributed by atoms with Gasteiger partial charge in [0.05, 0.1) is 4.92 Å². The van der Waals surface area contributed by atoms with Gasteiger partial charge in [0.15, 0.2) is 5.11 Å². The lowest BCUT2D eigenvalue weighted by Crippen LogP contribution is -2.48. The van der Waals surface area contributed by atoms with Gasteiger partial charge in [-0.2, -0.15) is 0 Å². The number of hydrazine groups is 1. The van der Waals surface area contributed by atoms with E-state index in [2.05, 4.69) is 16.2 Å². The van der Waals surface area contributed by atoms with E-state index >= 15 is 0 Å². The quantitative estimate of drug-likeness (QED) is 0.322. The molecule has 9 heteroatoms. The van der Waals surface area contributed by atoms with Gasteiger partial charge in [-0.05, 0) is 36.8 Å². The first-order valence-electron chi connectivity index (χ1n) is 7.76. The molecule has 2 aromatic rings. The third-order valence-corrected chi connectivity index (χ3v) is 3.58. The Morgan fingerprint density at radius 1 is 1.07 bits per heavy atom. The van der Waals surface area contributed by atoms with Crippen LogP contribution in [-0.2, 0) is 4.79 Å². The number of aryl methyl sites for hydroxylation is 1. The minimum atomic E-state index is -0.755. The number of thiocarbonyl (C=S) groups is 1. The van der Waals surface area contributed by atoms with Gasteiger partial charge in [0.2, 0.25) is 5.91 Å². The number of nitrogens with zero attached hydrogens (tertiary/aromatic N) is 1. The van der Waals surface area contributed by atoms with E-state index < -0.39 is 16.7 Å². The number of hydrogen-bond acceptors (Lipinski definition) is 5. The van der Waals surface area contributed by atoms with Crippen molar-refractivity contribution in [3.05, 3.63) is 81.4 Å². The average molecular weight is 384 g/mol. The summed E-state index contributed by atoms with van der Waals surface area (Å²) >= 11 is 4.91. The van der Waals surface area contributed by atoms with Crippen LogP contribution in [0.4, 0.5) is 5.69 Å². The van der Waals surface area contributed by atoms with Crippen LogP contribution in [0.5, 0.6) is 0 Å². The molecule has 0 aromatic heterocycles. The lowest BCUT2D eigenvalue weighted by molar-refractivity contribution is -0.385. The molecular weight excluding hydrogens is 368 g/mol. The Morgan fingerprint density at radius 2 is 1.74 bits per heavy atom. The monoisotopic (exact) mass is 384 g/mol. The molecule has 0 radical (unpaired) electrons. The summed E-state index contributed by atoms with van der Waals surface area (Å²) in [4.78, 5) is 34.1. The van der Waals surface area contributed by atoms with Crippen LogP contribution in [0.1, 0.15) is 21.5 Å². The van der Waals surface area contributed by atoms with Crippen molar-refractivity contribution >= 4 is 40.9 Å². The second kappa shape index (κ2) is 9.20. The van der Waals surface area contributed by atoms with E-state index in [0.717, 1.165) is 11.1 Å². The SMILES string of the molecule is Cc1ccc(C=CC(=O)NC(=S)NNC(=O)c2ccccc2[N+](=O)[O-])cc1. The van der Waals surface area contributed by atoms with Crippen LogP contribution in [0.3, 0.4) is 0 Å². The van der Waals surface area contributed by atoms with E-state index in [9.17, 15) is 19.7 Å². The van der Waals surface area contributed by atoms with E-state index in [1.807, 2.05) is 31.2 Å². The van der Waals surface area contributed by atoms with Gasteiger partial charge < -0.3 is 0 Å². The summed E-state index contributed by atoms with van der Waals surface area (Å²) in [6, 6.07) is 13.0. The Kier molecular flexibility index (Phi) is 6.73. The second-order valence-electron chi connectivity index (χ2n) is 5.42. The predicted octanol–water partition coefficient (Wildman–Crippen LogP) is 2.25. The predicted molar refractivity (Wildman–Crippen MR) is 105 cm³/mol. The second-order valence-corrected chi connectivity index (χ2v) is 5.82. The van der Waals surface area contributed by atoms with Crippen LogP contribution in [0.25, 0.3) is 6.08 Å². The van der Waals surface area contributed by atoms with Gasteiger partial charge in [-0.3, -0.25) is 35.9 Å². The van der Waals surface area contributed by atoms with Gasteiger partial charge in [-0.25, -0.2) is 0 Å². The topological polar surface area (TPSA) is 113 Å². The van der Waals surface area contributed by atoms with Crippen LogP contribution >= 0.6 is 12.2 Å². The Balaban J connectivity index is 1.87. The number of amides is 2. The lowest BCUT2D eigenvalue weighted by atomic mass is 10.1. The summed E-state index contributed by atoms with van der Waals surface area (Å²) in [6.07, 6.45) is 2.91. The molecule has 0 saturated carbocycles. The fourth-order valence-electron chi connectivity index (χ4n) is 2.04. The number of carbonyl (C=O) groups is 2. The molecule has 27 heavy (non-hydrogen) atoms. The molecule has 0 heterocycles. The summed E-state index contributed by atoms with van der Waals surface area (Å²) in [7, 11) is 0. The number of para-hydroxylation sites is 1. The maximum absolute atomic E-state index is 12.0. The zero-order valence-electron chi connectivity index (χ0n) is 14.3. The molecule has 2 rings (SSSR count). The zero-order valence-corrected chi connectivity index (χ0v) is 15.1. The Labute approximate surface area is 160 Å². The molecule has 0 aliphatic carbocycles. The largest absolute Gasteiger partial charge is 0.298 e. The van der Waals surface area contributed by atoms with E-state index in [1.54, 1.807) is 6.08 Å². The van der Waals surface area contributed by atoms with Crippen molar-refractivity contribution in [2.45, 2.75) is 6.92 Å². The van der Waals surface area contributed by atoms with Gasteiger partial charge in [0, 0.05) is 12.1 Å². The first-order valence-corrected chi connectivity index (χ1v) is 8.17. The minimum Gasteiger partial charge on any atom is -0.298 e. The molecule has 2 amide bonds. The zero-order chi connectivity index (χ0) is 19.8. The standard InChI is InChI=1S/C18H16N4O4S/c1-12-6-8-13(9-7-12)10-11-16(23)19-18(27)21-20-17(24)14-4-2-3-5-15(14)22(25)26/h2-11H,1H3,(H,20,24)(H2,19,21,23,27). The van der Waals surface area contributed by atoms with E-state index in [0.29, 0.717) is 0 Å². The number of nitrogens with one attached hydrogen (secondary N) is 3. The number of hydrogen-bond donors (Lipinski definition) is 3. The third-order valence-electron chi connectivity index (χ3n) is 3.38. The highest BCUT2D eigenvalue weighted by Crippen LogP contribution is 2.16. The van der Waals surface area contributed by atoms with Crippen LogP contribution in [0.2, 0.25) is 0 Å². The summed E-state index contributed by atoms with van der Waals surface area (Å²) in [5.41, 5.74) is 6.01. The lowest BCUT2D eigenvalue weighted by Gasteiger charge is -2.09. The highest BCUT2D eigenvalue weighted by atomic mass is 32.1. The summed E-state index contributed by atoms with van der Waals surface area (Å²) in [5.74, 6) is -1.25. The fourth-order valence-corrected chi connectivity index (χ4v) is 2.19. The molecule has 0 spiro atoms. The first kappa shape index (κ1) is 19.7. The van der Waals surface area contributed by atoms with E-state index in [-0.39, 0.29) is 16.4 Å². The number of rotatable bonds is 4.